The molecular weight excluding hydrogens is 334 g/mol. The van der Waals surface area contributed by atoms with E-state index < -0.39 is 0 Å². The summed E-state index contributed by atoms with van der Waals surface area (Å²) in [6.45, 7) is 4.26. The molecule has 1 N–H and O–H groups in total. The molecule has 2 heterocycles. The summed E-state index contributed by atoms with van der Waals surface area (Å²) in [6, 6.07) is 4.85. The number of hydrogen-bond acceptors (Lipinski definition) is 3. The van der Waals surface area contributed by atoms with Crippen LogP contribution in [0.15, 0.2) is 15.9 Å². The van der Waals surface area contributed by atoms with Crippen molar-refractivity contribution in [3.63, 3.8) is 0 Å². The lowest BCUT2D eigenvalue weighted by Gasteiger charge is -2.15. The van der Waals surface area contributed by atoms with E-state index >= 15 is 0 Å². The number of nitrogens with zero attached hydrogens (tertiary/aromatic N) is 2. The van der Waals surface area contributed by atoms with E-state index in [-0.39, 0.29) is 0 Å². The molecule has 0 spiro atoms. The number of likely N-dealkylation sites (N-methyl/N-ethyl adjacent to an activating group) is 1. The first-order valence-corrected chi connectivity index (χ1v) is 8.52. The van der Waals surface area contributed by atoms with E-state index in [0.717, 1.165) is 19.3 Å². The van der Waals surface area contributed by atoms with Crippen molar-refractivity contribution in [3.8, 4) is 0 Å². The largest absolute Gasteiger partial charge is 0.317 e. The maximum atomic E-state index is 4.49. The zero-order valence-corrected chi connectivity index (χ0v) is 14.9. The quantitative estimate of drug-likeness (QED) is 0.857. The van der Waals surface area contributed by atoms with Crippen molar-refractivity contribution in [1.29, 1.82) is 0 Å². The summed E-state index contributed by atoms with van der Waals surface area (Å²) in [6.07, 6.45) is 3.31. The molecule has 1 unspecified atom stereocenters. The molecule has 5 heteroatoms. The van der Waals surface area contributed by atoms with Gasteiger partial charge in [-0.3, -0.25) is 4.68 Å². The summed E-state index contributed by atoms with van der Waals surface area (Å²) in [5, 5.41) is 7.93. The van der Waals surface area contributed by atoms with Crippen molar-refractivity contribution in [2.45, 2.75) is 39.2 Å². The van der Waals surface area contributed by atoms with Gasteiger partial charge in [-0.15, -0.1) is 11.3 Å². The SMILES string of the molecule is CNC(CCc1c(C)nn(C)c1C)Cc1ccc(Br)s1. The number of nitrogens with one attached hydrogen (secondary N) is 1. The van der Waals surface area contributed by atoms with Crippen LogP contribution in [0.25, 0.3) is 0 Å². The molecule has 0 aromatic carbocycles. The molecule has 2 aromatic heterocycles. The highest BCUT2D eigenvalue weighted by Gasteiger charge is 2.13. The molecule has 2 aromatic rings. The predicted molar refractivity (Wildman–Crippen MR) is 89.6 cm³/mol. The summed E-state index contributed by atoms with van der Waals surface area (Å²) in [7, 11) is 4.07. The van der Waals surface area contributed by atoms with Gasteiger partial charge in [0.05, 0.1) is 9.48 Å². The van der Waals surface area contributed by atoms with Crippen molar-refractivity contribution >= 4 is 27.3 Å². The second kappa shape index (κ2) is 6.87. The van der Waals surface area contributed by atoms with Crippen LogP contribution in [0.1, 0.15) is 28.2 Å². The lowest BCUT2D eigenvalue weighted by atomic mass is 10.0. The predicted octanol–water partition coefficient (Wildman–Crippen LogP) is 3.62. The van der Waals surface area contributed by atoms with Gasteiger partial charge in [0, 0.05) is 23.7 Å². The summed E-state index contributed by atoms with van der Waals surface area (Å²) in [4.78, 5) is 1.43. The Morgan fingerprint density at radius 1 is 1.40 bits per heavy atom. The van der Waals surface area contributed by atoms with Crippen LogP contribution in [0.2, 0.25) is 0 Å². The molecule has 20 heavy (non-hydrogen) atoms. The van der Waals surface area contributed by atoms with Crippen molar-refractivity contribution in [1.82, 2.24) is 15.1 Å². The standard InChI is InChI=1S/C15H22BrN3S/c1-10-14(11(2)19(4)18-10)7-5-12(17-3)9-13-6-8-15(16)20-13/h6,8,12,17H,5,7,9H2,1-4H3. The average Bonchev–Trinajstić information content (AvgIpc) is 2.91. The zero-order chi connectivity index (χ0) is 14.7. The van der Waals surface area contributed by atoms with E-state index in [1.807, 2.05) is 23.1 Å². The second-order valence-electron chi connectivity index (χ2n) is 5.21. The van der Waals surface area contributed by atoms with Gasteiger partial charge < -0.3 is 5.32 Å². The van der Waals surface area contributed by atoms with Crippen LogP contribution in [0.5, 0.6) is 0 Å². The van der Waals surface area contributed by atoms with Crippen LogP contribution in [0.3, 0.4) is 0 Å². The maximum Gasteiger partial charge on any atom is 0.0701 e. The van der Waals surface area contributed by atoms with Gasteiger partial charge in [0.15, 0.2) is 0 Å². The second-order valence-corrected chi connectivity index (χ2v) is 7.75. The summed E-state index contributed by atoms with van der Waals surface area (Å²) < 4.78 is 3.19. The first kappa shape index (κ1) is 15.7. The lowest BCUT2D eigenvalue weighted by Crippen LogP contribution is -2.27. The summed E-state index contributed by atoms with van der Waals surface area (Å²) >= 11 is 5.35. The molecule has 3 nitrogen and oxygen atoms in total. The molecule has 0 fully saturated rings. The average molecular weight is 356 g/mol. The fraction of sp³-hybridized carbons (Fsp3) is 0.533. The minimum absolute atomic E-state index is 0.513. The number of halogens is 1. The van der Waals surface area contributed by atoms with E-state index in [0.29, 0.717) is 6.04 Å². The third-order valence-electron chi connectivity index (χ3n) is 3.89. The van der Waals surface area contributed by atoms with E-state index in [1.165, 1.54) is 25.6 Å². The third-order valence-corrected chi connectivity index (χ3v) is 5.53. The van der Waals surface area contributed by atoms with Crippen LogP contribution in [-0.2, 0) is 19.9 Å². The van der Waals surface area contributed by atoms with Gasteiger partial charge in [0.25, 0.3) is 0 Å². The van der Waals surface area contributed by atoms with Crippen molar-refractivity contribution < 1.29 is 0 Å². The minimum atomic E-state index is 0.513. The number of aryl methyl sites for hydroxylation is 2. The normalized spacial score (nSPS) is 12.8. The molecule has 0 saturated carbocycles. The van der Waals surface area contributed by atoms with Crippen LogP contribution in [-0.4, -0.2) is 22.9 Å². The van der Waals surface area contributed by atoms with Gasteiger partial charge in [0.2, 0.25) is 0 Å². The number of thiophene rings is 1. The fourth-order valence-corrected chi connectivity index (χ4v) is 4.11. The van der Waals surface area contributed by atoms with Gasteiger partial charge in [-0.05, 0) is 73.8 Å². The van der Waals surface area contributed by atoms with Crippen LogP contribution < -0.4 is 5.32 Å². The Hall–Kier alpha value is -0.650. The summed E-state index contributed by atoms with van der Waals surface area (Å²) in [5.74, 6) is 0. The topological polar surface area (TPSA) is 29.9 Å². The number of hydrogen-bond donors (Lipinski definition) is 1. The zero-order valence-electron chi connectivity index (χ0n) is 12.5. The molecule has 1 atom stereocenters. The molecule has 0 bridgehead atoms. The number of rotatable bonds is 6. The van der Waals surface area contributed by atoms with E-state index in [2.05, 4.69) is 59.4 Å². The number of aromatic nitrogens is 2. The van der Waals surface area contributed by atoms with E-state index in [4.69, 9.17) is 0 Å². The Morgan fingerprint density at radius 3 is 2.65 bits per heavy atom. The van der Waals surface area contributed by atoms with E-state index in [1.54, 1.807) is 0 Å². The Labute approximate surface area is 133 Å². The highest BCUT2D eigenvalue weighted by atomic mass is 79.9. The molecular formula is C15H22BrN3S. The minimum Gasteiger partial charge on any atom is -0.317 e. The molecule has 0 aliphatic heterocycles. The van der Waals surface area contributed by atoms with Gasteiger partial charge >= 0.3 is 0 Å². The van der Waals surface area contributed by atoms with Crippen molar-refractivity contribution in [3.05, 3.63) is 37.7 Å². The fourth-order valence-electron chi connectivity index (χ4n) is 2.55. The van der Waals surface area contributed by atoms with Gasteiger partial charge in [-0.1, -0.05) is 0 Å². The van der Waals surface area contributed by atoms with E-state index in [9.17, 15) is 0 Å². The molecule has 2 rings (SSSR count). The monoisotopic (exact) mass is 355 g/mol. The summed E-state index contributed by atoms with van der Waals surface area (Å²) in [5.41, 5.74) is 3.86. The smallest absolute Gasteiger partial charge is 0.0701 e. The Kier molecular flexibility index (Phi) is 5.41. The Bertz CT molecular complexity index is 574. The highest BCUT2D eigenvalue weighted by molar-refractivity contribution is 9.11. The molecule has 0 aliphatic carbocycles. The lowest BCUT2D eigenvalue weighted by molar-refractivity contribution is 0.522. The maximum absolute atomic E-state index is 4.49. The molecule has 110 valence electrons. The van der Waals surface area contributed by atoms with Gasteiger partial charge in [0.1, 0.15) is 0 Å². The van der Waals surface area contributed by atoms with Crippen LogP contribution in [0, 0.1) is 13.8 Å². The first-order chi connectivity index (χ1) is 9.51. The first-order valence-electron chi connectivity index (χ1n) is 6.91. The van der Waals surface area contributed by atoms with Crippen molar-refractivity contribution in [2.24, 2.45) is 7.05 Å². The Balaban J connectivity index is 1.97. The van der Waals surface area contributed by atoms with Crippen molar-refractivity contribution in [2.75, 3.05) is 7.05 Å². The molecule has 0 radical (unpaired) electrons. The van der Waals surface area contributed by atoms with Gasteiger partial charge in [-0.25, -0.2) is 0 Å². The highest BCUT2D eigenvalue weighted by Crippen LogP contribution is 2.24. The Morgan fingerprint density at radius 2 is 2.15 bits per heavy atom. The van der Waals surface area contributed by atoms with Crippen LogP contribution >= 0.6 is 27.3 Å². The third kappa shape index (κ3) is 3.71. The molecule has 0 aliphatic rings. The molecule has 0 saturated heterocycles. The van der Waals surface area contributed by atoms with Gasteiger partial charge in [-0.2, -0.15) is 5.10 Å². The molecule has 0 amide bonds. The van der Waals surface area contributed by atoms with Crippen LogP contribution in [0.4, 0.5) is 0 Å².